The number of furan rings is 1. The Bertz CT molecular complexity index is 564. The SMILES string of the molecule is CN=C(NCCN(C)c1ccc(CN(C)C)o1)C(C#N)C#N. The van der Waals surface area contributed by atoms with Gasteiger partial charge in [-0.25, -0.2) is 0 Å². The van der Waals surface area contributed by atoms with Crippen LogP contribution in [0.3, 0.4) is 0 Å². The zero-order valence-electron chi connectivity index (χ0n) is 13.5. The van der Waals surface area contributed by atoms with Crippen LogP contribution >= 0.6 is 0 Å². The Morgan fingerprint density at radius 2 is 2.00 bits per heavy atom. The number of aliphatic imine (C=N–C) groups is 1. The van der Waals surface area contributed by atoms with Crippen molar-refractivity contribution in [2.24, 2.45) is 10.9 Å². The van der Waals surface area contributed by atoms with Gasteiger partial charge in [0.25, 0.3) is 0 Å². The molecule has 22 heavy (non-hydrogen) atoms. The first-order valence-electron chi connectivity index (χ1n) is 6.96. The second-order valence-electron chi connectivity index (χ2n) is 5.13. The van der Waals surface area contributed by atoms with Gasteiger partial charge in [0.05, 0.1) is 18.7 Å². The highest BCUT2D eigenvalue weighted by atomic mass is 16.4. The third-order valence-electron chi connectivity index (χ3n) is 3.02. The third kappa shape index (κ3) is 5.12. The fourth-order valence-corrected chi connectivity index (χ4v) is 1.89. The standard InChI is InChI=1S/C15H22N6O/c1-18-15(12(9-16)10-17)19-7-8-21(4)14-6-5-13(22-14)11-20(2)3/h5-6,12H,7-8,11H2,1-4H3,(H,18,19). The predicted octanol–water partition coefficient (Wildman–Crippen LogP) is 1.06. The minimum Gasteiger partial charge on any atom is -0.444 e. The second kappa shape index (κ2) is 8.71. The molecule has 0 aliphatic heterocycles. The van der Waals surface area contributed by atoms with E-state index in [4.69, 9.17) is 14.9 Å². The molecule has 1 heterocycles. The molecular formula is C15H22N6O. The molecule has 0 unspecified atom stereocenters. The number of rotatable bonds is 7. The van der Waals surface area contributed by atoms with Crippen molar-refractivity contribution in [1.82, 2.24) is 10.2 Å². The Morgan fingerprint density at radius 3 is 2.55 bits per heavy atom. The van der Waals surface area contributed by atoms with Crippen molar-refractivity contribution in [1.29, 1.82) is 10.5 Å². The van der Waals surface area contributed by atoms with Crippen molar-refractivity contribution in [3.05, 3.63) is 17.9 Å². The van der Waals surface area contributed by atoms with E-state index in [0.29, 0.717) is 18.9 Å². The van der Waals surface area contributed by atoms with Gasteiger partial charge >= 0.3 is 0 Å². The average molecular weight is 302 g/mol. The normalized spacial score (nSPS) is 11.4. The molecule has 0 aliphatic carbocycles. The maximum Gasteiger partial charge on any atom is 0.195 e. The number of likely N-dealkylation sites (N-methyl/N-ethyl adjacent to an activating group) is 1. The summed E-state index contributed by atoms with van der Waals surface area (Å²) in [5.41, 5.74) is 0. The van der Waals surface area contributed by atoms with E-state index in [9.17, 15) is 0 Å². The number of anilines is 1. The number of amidine groups is 1. The van der Waals surface area contributed by atoms with Crippen LogP contribution in [0.2, 0.25) is 0 Å². The first kappa shape index (κ1) is 17.5. The molecule has 0 amide bonds. The lowest BCUT2D eigenvalue weighted by molar-refractivity contribution is 0.351. The van der Waals surface area contributed by atoms with Gasteiger partial charge in [-0.3, -0.25) is 4.99 Å². The molecule has 0 atom stereocenters. The number of nitrogens with zero attached hydrogens (tertiary/aromatic N) is 5. The average Bonchev–Trinajstić information content (AvgIpc) is 2.94. The fourth-order valence-electron chi connectivity index (χ4n) is 1.89. The summed E-state index contributed by atoms with van der Waals surface area (Å²) in [6.07, 6.45) is 0. The summed E-state index contributed by atoms with van der Waals surface area (Å²) in [5, 5.41) is 20.8. The molecule has 0 saturated heterocycles. The zero-order chi connectivity index (χ0) is 16.5. The van der Waals surface area contributed by atoms with Crippen LogP contribution in [0.5, 0.6) is 0 Å². The van der Waals surface area contributed by atoms with Crippen molar-refractivity contribution >= 4 is 11.7 Å². The topological polar surface area (TPSA) is 91.6 Å². The number of nitriles is 2. The van der Waals surface area contributed by atoms with Crippen LogP contribution in [-0.2, 0) is 6.54 Å². The van der Waals surface area contributed by atoms with Crippen LogP contribution in [-0.4, -0.2) is 52.0 Å². The third-order valence-corrected chi connectivity index (χ3v) is 3.02. The fraction of sp³-hybridized carbons (Fsp3) is 0.533. The van der Waals surface area contributed by atoms with Crippen LogP contribution in [0.1, 0.15) is 5.76 Å². The predicted molar refractivity (Wildman–Crippen MR) is 85.4 cm³/mol. The molecule has 1 rings (SSSR count). The molecule has 7 nitrogen and oxygen atoms in total. The summed E-state index contributed by atoms with van der Waals surface area (Å²) in [4.78, 5) is 7.95. The molecular weight excluding hydrogens is 280 g/mol. The lowest BCUT2D eigenvalue weighted by Crippen LogP contribution is -2.36. The molecule has 0 saturated carbocycles. The first-order chi connectivity index (χ1) is 10.5. The summed E-state index contributed by atoms with van der Waals surface area (Å²) >= 11 is 0. The van der Waals surface area contributed by atoms with Gasteiger partial charge in [-0.2, -0.15) is 10.5 Å². The van der Waals surface area contributed by atoms with Crippen molar-refractivity contribution in [3.8, 4) is 12.1 Å². The van der Waals surface area contributed by atoms with Crippen LogP contribution in [0.4, 0.5) is 5.88 Å². The van der Waals surface area contributed by atoms with E-state index in [1.807, 2.05) is 55.2 Å². The molecule has 0 aliphatic rings. The van der Waals surface area contributed by atoms with Crippen molar-refractivity contribution < 1.29 is 4.42 Å². The molecule has 0 fully saturated rings. The Morgan fingerprint density at radius 1 is 1.32 bits per heavy atom. The van der Waals surface area contributed by atoms with E-state index in [-0.39, 0.29) is 0 Å². The summed E-state index contributed by atoms with van der Waals surface area (Å²) in [7, 11) is 7.47. The van der Waals surface area contributed by atoms with Crippen LogP contribution in [0.25, 0.3) is 0 Å². The summed E-state index contributed by atoms with van der Waals surface area (Å²) < 4.78 is 5.75. The van der Waals surface area contributed by atoms with E-state index in [1.54, 1.807) is 7.05 Å². The van der Waals surface area contributed by atoms with E-state index in [0.717, 1.165) is 18.2 Å². The van der Waals surface area contributed by atoms with Gasteiger partial charge in [-0.15, -0.1) is 0 Å². The number of hydrogen-bond acceptors (Lipinski definition) is 6. The van der Waals surface area contributed by atoms with E-state index in [1.165, 1.54) is 0 Å². The van der Waals surface area contributed by atoms with Crippen LogP contribution in [0.15, 0.2) is 21.5 Å². The van der Waals surface area contributed by atoms with Gasteiger partial charge in [0, 0.05) is 33.3 Å². The highest BCUT2D eigenvalue weighted by molar-refractivity contribution is 5.88. The first-order valence-corrected chi connectivity index (χ1v) is 6.96. The second-order valence-corrected chi connectivity index (χ2v) is 5.13. The zero-order valence-corrected chi connectivity index (χ0v) is 13.5. The number of nitrogens with one attached hydrogen (secondary N) is 1. The molecule has 0 radical (unpaired) electrons. The van der Waals surface area contributed by atoms with Crippen molar-refractivity contribution in [3.63, 3.8) is 0 Å². The molecule has 1 aromatic heterocycles. The van der Waals surface area contributed by atoms with E-state index in [2.05, 4.69) is 10.3 Å². The quantitative estimate of drug-likeness (QED) is 0.598. The summed E-state index contributed by atoms with van der Waals surface area (Å²) in [6, 6.07) is 7.70. The van der Waals surface area contributed by atoms with Gasteiger partial charge in [-0.1, -0.05) is 0 Å². The molecule has 1 N–H and O–H groups in total. The Hall–Kier alpha value is -2.51. The van der Waals surface area contributed by atoms with E-state index >= 15 is 0 Å². The molecule has 7 heteroatoms. The smallest absolute Gasteiger partial charge is 0.195 e. The maximum absolute atomic E-state index is 8.87. The Labute approximate surface area is 131 Å². The highest BCUT2D eigenvalue weighted by Crippen LogP contribution is 2.17. The molecule has 0 aromatic carbocycles. The van der Waals surface area contributed by atoms with Crippen molar-refractivity contribution in [2.75, 3.05) is 46.2 Å². The monoisotopic (exact) mass is 302 g/mol. The van der Waals surface area contributed by atoms with Crippen LogP contribution in [0, 0.1) is 28.6 Å². The number of hydrogen-bond donors (Lipinski definition) is 1. The van der Waals surface area contributed by atoms with E-state index < -0.39 is 5.92 Å². The van der Waals surface area contributed by atoms with Gasteiger partial charge in [0.15, 0.2) is 11.8 Å². The lowest BCUT2D eigenvalue weighted by Gasteiger charge is -2.17. The van der Waals surface area contributed by atoms with Gasteiger partial charge < -0.3 is 19.5 Å². The lowest BCUT2D eigenvalue weighted by atomic mass is 10.2. The molecule has 0 bridgehead atoms. The Balaban J connectivity index is 2.49. The molecule has 0 spiro atoms. The van der Waals surface area contributed by atoms with Gasteiger partial charge in [-0.05, 0) is 20.2 Å². The molecule has 118 valence electrons. The minimum atomic E-state index is -0.856. The Kier molecular flexibility index (Phi) is 6.94. The largest absolute Gasteiger partial charge is 0.444 e. The summed E-state index contributed by atoms with van der Waals surface area (Å²) in [6.45, 7) is 1.98. The molecule has 1 aromatic rings. The highest BCUT2D eigenvalue weighted by Gasteiger charge is 2.14. The minimum absolute atomic E-state index is 0.395. The van der Waals surface area contributed by atoms with Crippen molar-refractivity contribution in [2.45, 2.75) is 6.54 Å². The summed E-state index contributed by atoms with van der Waals surface area (Å²) in [5.74, 6) is 1.23. The van der Waals surface area contributed by atoms with Crippen LogP contribution < -0.4 is 10.2 Å². The van der Waals surface area contributed by atoms with Gasteiger partial charge in [0.2, 0.25) is 0 Å². The van der Waals surface area contributed by atoms with Gasteiger partial charge in [0.1, 0.15) is 11.6 Å². The maximum atomic E-state index is 8.87.